The van der Waals surface area contributed by atoms with Crippen LogP contribution in [0.4, 0.5) is 0 Å². The van der Waals surface area contributed by atoms with Crippen LogP contribution in [0, 0.1) is 12.8 Å². The molecule has 1 aliphatic carbocycles. The van der Waals surface area contributed by atoms with Gasteiger partial charge in [0.2, 0.25) is 5.91 Å². The lowest BCUT2D eigenvalue weighted by molar-refractivity contribution is -0.121. The normalized spacial score (nSPS) is 16.2. The lowest BCUT2D eigenvalue weighted by Crippen LogP contribution is -2.31. The van der Waals surface area contributed by atoms with E-state index in [4.69, 9.17) is 9.47 Å². The number of ether oxygens (including phenoxy) is 2. The van der Waals surface area contributed by atoms with Crippen molar-refractivity contribution in [3.63, 3.8) is 0 Å². The van der Waals surface area contributed by atoms with Crippen LogP contribution >= 0.6 is 11.3 Å². The van der Waals surface area contributed by atoms with E-state index in [1.54, 1.807) is 11.3 Å². The highest BCUT2D eigenvalue weighted by atomic mass is 32.1. The predicted octanol–water partition coefficient (Wildman–Crippen LogP) is 4.70. The summed E-state index contributed by atoms with van der Waals surface area (Å²) in [7, 11) is 0. The first-order valence-corrected chi connectivity index (χ1v) is 11.2. The Balaban J connectivity index is 1.27. The molecule has 2 aliphatic rings. The standard InChI is InChI=1S/C24H24N2O3S/c1-15-2-4-17(5-3-15)24-25-19(14-30-24)13-22(27)26-23(16-6-7-16)18-8-9-20-21(12-18)29-11-10-28-20/h2-5,8-9,12,14,16,23H,6-7,10-11,13H2,1H3,(H,26,27). The molecule has 154 valence electrons. The third-order valence-corrected chi connectivity index (χ3v) is 6.47. The highest BCUT2D eigenvalue weighted by Crippen LogP contribution is 2.43. The molecule has 3 aromatic rings. The molecule has 6 heteroatoms. The summed E-state index contributed by atoms with van der Waals surface area (Å²) in [6, 6.07) is 14.3. The quantitative estimate of drug-likeness (QED) is 0.628. The Bertz CT molecular complexity index is 1060. The molecule has 0 radical (unpaired) electrons. The van der Waals surface area contributed by atoms with Crippen molar-refractivity contribution in [3.05, 3.63) is 64.7 Å². The minimum absolute atomic E-state index is 0.00236. The van der Waals surface area contributed by atoms with Crippen LogP contribution < -0.4 is 14.8 Å². The molecule has 5 nitrogen and oxygen atoms in total. The van der Waals surface area contributed by atoms with Crippen molar-refractivity contribution in [1.29, 1.82) is 0 Å². The van der Waals surface area contributed by atoms with Gasteiger partial charge in [0, 0.05) is 10.9 Å². The topological polar surface area (TPSA) is 60.5 Å². The van der Waals surface area contributed by atoms with Gasteiger partial charge in [-0.3, -0.25) is 4.79 Å². The van der Waals surface area contributed by atoms with Gasteiger partial charge in [-0.2, -0.15) is 0 Å². The SMILES string of the molecule is Cc1ccc(-c2nc(CC(=O)NC(c3ccc4c(c3)OCCO4)C3CC3)cs2)cc1. The van der Waals surface area contributed by atoms with E-state index in [0.29, 0.717) is 19.1 Å². The largest absolute Gasteiger partial charge is 0.486 e. The number of rotatable bonds is 6. The summed E-state index contributed by atoms with van der Waals surface area (Å²) in [5.74, 6) is 2.02. The van der Waals surface area contributed by atoms with Gasteiger partial charge in [0.25, 0.3) is 0 Å². The Morgan fingerprint density at radius 1 is 1.13 bits per heavy atom. The van der Waals surface area contributed by atoms with E-state index in [9.17, 15) is 4.79 Å². The predicted molar refractivity (Wildman–Crippen MR) is 117 cm³/mol. The molecule has 2 aromatic carbocycles. The molecular formula is C24H24N2O3S. The molecule has 1 amide bonds. The first-order chi connectivity index (χ1) is 14.7. The second-order valence-electron chi connectivity index (χ2n) is 7.97. The van der Waals surface area contributed by atoms with Crippen LogP contribution in [0.3, 0.4) is 0 Å². The second-order valence-corrected chi connectivity index (χ2v) is 8.83. The van der Waals surface area contributed by atoms with Gasteiger partial charge < -0.3 is 14.8 Å². The smallest absolute Gasteiger partial charge is 0.226 e. The number of thiazole rings is 1. The zero-order valence-corrected chi connectivity index (χ0v) is 17.7. The van der Waals surface area contributed by atoms with E-state index >= 15 is 0 Å². The maximum Gasteiger partial charge on any atom is 0.226 e. The zero-order chi connectivity index (χ0) is 20.5. The highest BCUT2D eigenvalue weighted by molar-refractivity contribution is 7.13. The summed E-state index contributed by atoms with van der Waals surface area (Å²) >= 11 is 1.58. The Labute approximate surface area is 180 Å². The summed E-state index contributed by atoms with van der Waals surface area (Å²) in [6.45, 7) is 3.21. The fourth-order valence-electron chi connectivity index (χ4n) is 3.76. The molecule has 1 N–H and O–H groups in total. The number of aromatic nitrogens is 1. The van der Waals surface area contributed by atoms with Crippen LogP contribution in [0.5, 0.6) is 11.5 Å². The molecule has 1 fully saturated rings. The first kappa shape index (κ1) is 19.1. The number of hydrogen-bond acceptors (Lipinski definition) is 5. The van der Waals surface area contributed by atoms with Crippen LogP contribution in [-0.2, 0) is 11.2 Å². The summed E-state index contributed by atoms with van der Waals surface area (Å²) in [5, 5.41) is 6.16. The average molecular weight is 421 g/mol. The van der Waals surface area contributed by atoms with Gasteiger partial charge in [-0.25, -0.2) is 4.98 Å². The lowest BCUT2D eigenvalue weighted by Gasteiger charge is -2.23. The maximum absolute atomic E-state index is 12.8. The van der Waals surface area contributed by atoms with Gasteiger partial charge in [0.15, 0.2) is 11.5 Å². The molecule has 1 atom stereocenters. The summed E-state index contributed by atoms with van der Waals surface area (Å²) < 4.78 is 11.3. The van der Waals surface area contributed by atoms with Crippen LogP contribution in [0.25, 0.3) is 10.6 Å². The number of nitrogens with zero attached hydrogens (tertiary/aromatic N) is 1. The fraction of sp³-hybridized carbons (Fsp3) is 0.333. The van der Waals surface area contributed by atoms with Gasteiger partial charge >= 0.3 is 0 Å². The van der Waals surface area contributed by atoms with Gasteiger partial charge in [-0.1, -0.05) is 35.9 Å². The molecule has 0 saturated heterocycles. The first-order valence-electron chi connectivity index (χ1n) is 10.4. The minimum Gasteiger partial charge on any atom is -0.486 e. The van der Waals surface area contributed by atoms with Crippen molar-refractivity contribution in [1.82, 2.24) is 10.3 Å². The van der Waals surface area contributed by atoms with Crippen molar-refractivity contribution >= 4 is 17.2 Å². The third kappa shape index (κ3) is 4.19. The second kappa shape index (κ2) is 8.11. The number of hydrogen-bond donors (Lipinski definition) is 1. The Morgan fingerprint density at radius 3 is 2.67 bits per heavy atom. The van der Waals surface area contributed by atoms with Crippen LogP contribution in [0.1, 0.15) is 35.7 Å². The molecular weight excluding hydrogens is 396 g/mol. The Morgan fingerprint density at radius 2 is 1.90 bits per heavy atom. The van der Waals surface area contributed by atoms with Crippen molar-refractivity contribution in [2.45, 2.75) is 32.2 Å². The Kier molecular flexibility index (Phi) is 5.17. The van der Waals surface area contributed by atoms with Crippen molar-refractivity contribution in [2.24, 2.45) is 5.92 Å². The molecule has 30 heavy (non-hydrogen) atoms. The molecule has 1 aliphatic heterocycles. The molecule has 1 saturated carbocycles. The molecule has 0 spiro atoms. The van der Waals surface area contributed by atoms with Crippen molar-refractivity contribution in [3.8, 4) is 22.1 Å². The summed E-state index contributed by atoms with van der Waals surface area (Å²) in [4.78, 5) is 17.5. The number of carbonyl (C=O) groups excluding carboxylic acids is 1. The number of nitrogens with one attached hydrogen (secondary N) is 1. The Hall–Kier alpha value is -2.86. The summed E-state index contributed by atoms with van der Waals surface area (Å²) in [6.07, 6.45) is 2.55. The van der Waals surface area contributed by atoms with Gasteiger partial charge in [-0.15, -0.1) is 11.3 Å². The fourth-order valence-corrected chi connectivity index (χ4v) is 4.59. The van der Waals surface area contributed by atoms with Gasteiger partial charge in [0.1, 0.15) is 18.2 Å². The highest BCUT2D eigenvalue weighted by Gasteiger charge is 2.34. The van der Waals surface area contributed by atoms with Crippen molar-refractivity contribution < 1.29 is 14.3 Å². The average Bonchev–Trinajstić information content (AvgIpc) is 3.51. The zero-order valence-electron chi connectivity index (χ0n) is 16.9. The summed E-state index contributed by atoms with van der Waals surface area (Å²) in [5.41, 5.74) is 4.20. The van der Waals surface area contributed by atoms with E-state index in [1.165, 1.54) is 5.56 Å². The number of fused-ring (bicyclic) bond motifs is 1. The van der Waals surface area contributed by atoms with Crippen LogP contribution in [0.15, 0.2) is 47.8 Å². The number of benzene rings is 2. The van der Waals surface area contributed by atoms with Crippen LogP contribution in [0.2, 0.25) is 0 Å². The molecule has 2 heterocycles. The molecule has 1 unspecified atom stereocenters. The molecule has 5 rings (SSSR count). The van der Waals surface area contributed by atoms with E-state index < -0.39 is 0 Å². The number of carbonyl (C=O) groups is 1. The molecule has 1 aromatic heterocycles. The third-order valence-electron chi connectivity index (χ3n) is 5.53. The monoisotopic (exact) mass is 420 g/mol. The number of amides is 1. The van der Waals surface area contributed by atoms with Crippen LogP contribution in [-0.4, -0.2) is 24.1 Å². The number of aryl methyl sites for hydroxylation is 1. The van der Waals surface area contributed by atoms with E-state index in [2.05, 4.69) is 41.5 Å². The maximum atomic E-state index is 12.8. The van der Waals surface area contributed by atoms with E-state index in [-0.39, 0.29) is 18.4 Å². The van der Waals surface area contributed by atoms with E-state index in [1.807, 2.05) is 23.6 Å². The van der Waals surface area contributed by atoms with Gasteiger partial charge in [-0.05, 0) is 43.4 Å². The molecule has 0 bridgehead atoms. The lowest BCUT2D eigenvalue weighted by atomic mass is 10.0. The van der Waals surface area contributed by atoms with Crippen molar-refractivity contribution in [2.75, 3.05) is 13.2 Å². The minimum atomic E-state index is 0.00236. The van der Waals surface area contributed by atoms with E-state index in [0.717, 1.165) is 46.2 Å². The van der Waals surface area contributed by atoms with Gasteiger partial charge in [0.05, 0.1) is 18.2 Å².